The Kier molecular flexibility index (Phi) is 4.61. The number of amides is 2. The molecular formula is C15H18ClN3O2S. The maximum Gasteiger partial charge on any atom is 0.249 e. The van der Waals surface area contributed by atoms with Gasteiger partial charge in [-0.25, -0.2) is 0 Å². The second kappa shape index (κ2) is 6.48. The minimum atomic E-state index is -0.406. The van der Waals surface area contributed by atoms with Crippen molar-refractivity contribution in [3.8, 4) is 0 Å². The molecule has 2 aliphatic rings. The number of hydrogen-bond donors (Lipinski definition) is 1. The first-order valence-corrected chi connectivity index (χ1v) is 8.76. The molecule has 0 unspecified atom stereocenters. The molecule has 2 amide bonds. The minimum Gasteiger partial charge on any atom is -0.332 e. The van der Waals surface area contributed by atoms with Crippen LogP contribution >= 0.6 is 23.4 Å². The number of anilines is 1. The molecule has 118 valence electrons. The summed E-state index contributed by atoms with van der Waals surface area (Å²) >= 11 is 7.88. The molecule has 0 bridgehead atoms. The van der Waals surface area contributed by atoms with Gasteiger partial charge in [0.1, 0.15) is 6.04 Å². The van der Waals surface area contributed by atoms with Crippen LogP contribution in [0.4, 0.5) is 5.69 Å². The predicted molar refractivity (Wildman–Crippen MR) is 89.2 cm³/mol. The number of hydrogen-bond acceptors (Lipinski definition) is 4. The lowest BCUT2D eigenvalue weighted by Crippen LogP contribution is -2.50. The monoisotopic (exact) mass is 339 g/mol. The molecule has 3 rings (SSSR count). The summed E-state index contributed by atoms with van der Waals surface area (Å²) in [7, 11) is 1.71. The Bertz CT molecular complexity index is 592. The Morgan fingerprint density at radius 1 is 1.45 bits per heavy atom. The molecule has 0 aliphatic carbocycles. The first-order valence-electron chi connectivity index (χ1n) is 7.23. The fraction of sp³-hybridized carbons (Fsp3) is 0.467. The number of nitrogens with one attached hydrogen (secondary N) is 1. The smallest absolute Gasteiger partial charge is 0.249 e. The summed E-state index contributed by atoms with van der Waals surface area (Å²) in [6.07, 6.45) is 0.631. The van der Waals surface area contributed by atoms with E-state index in [1.165, 1.54) is 0 Å². The van der Waals surface area contributed by atoms with Crippen molar-refractivity contribution in [3.63, 3.8) is 0 Å². The molecule has 2 fully saturated rings. The molecule has 0 saturated carbocycles. The number of halogens is 1. The zero-order chi connectivity index (χ0) is 15.7. The second-order valence-electron chi connectivity index (χ2n) is 5.47. The van der Waals surface area contributed by atoms with E-state index in [1.807, 2.05) is 18.2 Å². The highest BCUT2D eigenvalue weighted by atomic mass is 35.5. The number of carbonyl (C=O) groups is 2. The predicted octanol–water partition coefficient (Wildman–Crippen LogP) is 1.57. The summed E-state index contributed by atoms with van der Waals surface area (Å²) in [5.74, 6) is 1.48. The van der Waals surface area contributed by atoms with E-state index in [0.29, 0.717) is 23.7 Å². The van der Waals surface area contributed by atoms with E-state index >= 15 is 0 Å². The molecule has 1 aromatic rings. The summed E-state index contributed by atoms with van der Waals surface area (Å²) in [4.78, 5) is 28.4. The Morgan fingerprint density at radius 2 is 2.23 bits per heavy atom. The summed E-state index contributed by atoms with van der Waals surface area (Å²) in [5.41, 5.74) is 0.715. The lowest BCUT2D eigenvalue weighted by molar-refractivity contribution is -0.137. The van der Waals surface area contributed by atoms with Crippen molar-refractivity contribution in [2.24, 2.45) is 0 Å². The van der Waals surface area contributed by atoms with Gasteiger partial charge in [0.05, 0.1) is 16.8 Å². The molecule has 22 heavy (non-hydrogen) atoms. The molecule has 2 heterocycles. The zero-order valence-electron chi connectivity index (χ0n) is 12.3. The van der Waals surface area contributed by atoms with E-state index in [4.69, 9.17) is 11.6 Å². The molecule has 2 saturated heterocycles. The third kappa shape index (κ3) is 2.83. The van der Waals surface area contributed by atoms with Gasteiger partial charge in [0.25, 0.3) is 0 Å². The van der Waals surface area contributed by atoms with Gasteiger partial charge in [0.2, 0.25) is 11.8 Å². The Hall–Kier alpha value is -1.24. The van der Waals surface area contributed by atoms with E-state index in [0.717, 1.165) is 11.6 Å². The van der Waals surface area contributed by atoms with Gasteiger partial charge >= 0.3 is 0 Å². The van der Waals surface area contributed by atoms with Gasteiger partial charge in [-0.15, -0.1) is 11.8 Å². The van der Waals surface area contributed by atoms with Crippen molar-refractivity contribution < 1.29 is 9.59 Å². The fourth-order valence-corrected chi connectivity index (χ4v) is 4.06. The Labute approximate surface area is 139 Å². The molecule has 0 spiro atoms. The number of nitrogens with zero attached hydrogens (tertiary/aromatic N) is 2. The third-order valence-corrected chi connectivity index (χ3v) is 5.41. The van der Waals surface area contributed by atoms with Crippen LogP contribution in [0.3, 0.4) is 0 Å². The number of thioether (sulfide) groups is 1. The quantitative estimate of drug-likeness (QED) is 0.908. The van der Waals surface area contributed by atoms with Crippen molar-refractivity contribution in [3.05, 3.63) is 29.3 Å². The Morgan fingerprint density at radius 3 is 2.91 bits per heavy atom. The van der Waals surface area contributed by atoms with E-state index in [-0.39, 0.29) is 17.9 Å². The lowest BCUT2D eigenvalue weighted by atomic mass is 10.2. The first kappa shape index (κ1) is 15.6. The van der Waals surface area contributed by atoms with Crippen LogP contribution in [0.15, 0.2) is 24.3 Å². The summed E-state index contributed by atoms with van der Waals surface area (Å²) in [5, 5.41) is 3.71. The maximum absolute atomic E-state index is 12.7. The van der Waals surface area contributed by atoms with Crippen LogP contribution < -0.4 is 10.2 Å². The molecular weight excluding hydrogens is 322 g/mol. The van der Waals surface area contributed by atoms with E-state index in [1.54, 1.807) is 34.7 Å². The second-order valence-corrected chi connectivity index (χ2v) is 6.90. The van der Waals surface area contributed by atoms with Gasteiger partial charge in [-0.05, 0) is 18.6 Å². The molecule has 0 aromatic heterocycles. The standard InChI is InChI=1S/C15H18ClN3O2S/c1-18(14(20)11-8-22-9-17-11)13-6-7-19(15(13)21)12-5-3-2-4-10(12)16/h2-5,11,13,17H,6-9H2,1H3/t11-,13+/m1/s1. The van der Waals surface area contributed by atoms with Gasteiger partial charge < -0.3 is 9.80 Å². The van der Waals surface area contributed by atoms with Crippen LogP contribution in [0.1, 0.15) is 6.42 Å². The maximum atomic E-state index is 12.7. The van der Waals surface area contributed by atoms with E-state index < -0.39 is 6.04 Å². The molecule has 7 heteroatoms. The summed E-state index contributed by atoms with van der Waals surface area (Å²) in [6, 6.07) is 6.71. The highest BCUT2D eigenvalue weighted by Crippen LogP contribution is 2.30. The zero-order valence-corrected chi connectivity index (χ0v) is 13.9. The molecule has 1 N–H and O–H groups in total. The normalized spacial score (nSPS) is 24.8. The molecule has 1 aromatic carbocycles. The molecule has 0 radical (unpaired) electrons. The van der Waals surface area contributed by atoms with Crippen LogP contribution in [0.5, 0.6) is 0 Å². The lowest BCUT2D eigenvalue weighted by Gasteiger charge is -2.26. The van der Waals surface area contributed by atoms with Crippen LogP contribution in [-0.4, -0.2) is 54.0 Å². The molecule has 5 nitrogen and oxygen atoms in total. The minimum absolute atomic E-state index is 0.00985. The number of rotatable bonds is 3. The summed E-state index contributed by atoms with van der Waals surface area (Å²) < 4.78 is 0. The Balaban J connectivity index is 1.73. The first-order chi connectivity index (χ1) is 10.6. The van der Waals surface area contributed by atoms with Crippen molar-refractivity contribution in [1.29, 1.82) is 0 Å². The van der Waals surface area contributed by atoms with Crippen molar-refractivity contribution in [2.45, 2.75) is 18.5 Å². The van der Waals surface area contributed by atoms with Crippen molar-refractivity contribution in [2.75, 3.05) is 30.1 Å². The van der Waals surface area contributed by atoms with Crippen molar-refractivity contribution >= 4 is 40.9 Å². The SMILES string of the molecule is CN(C(=O)[C@H]1CSCN1)[C@H]1CCN(c2ccccc2Cl)C1=O. The van der Waals surface area contributed by atoms with Gasteiger partial charge in [-0.3, -0.25) is 14.9 Å². The number of likely N-dealkylation sites (N-methyl/N-ethyl adjacent to an activating group) is 1. The number of benzene rings is 1. The van der Waals surface area contributed by atoms with Gasteiger partial charge in [0.15, 0.2) is 0 Å². The summed E-state index contributed by atoms with van der Waals surface area (Å²) in [6.45, 7) is 0.581. The number of carbonyl (C=O) groups excluding carboxylic acids is 2. The molecule has 2 aliphatic heterocycles. The van der Waals surface area contributed by atoms with E-state index in [9.17, 15) is 9.59 Å². The topological polar surface area (TPSA) is 52.7 Å². The third-order valence-electron chi connectivity index (χ3n) is 4.15. The average Bonchev–Trinajstić information content (AvgIpc) is 3.16. The highest BCUT2D eigenvalue weighted by molar-refractivity contribution is 7.99. The van der Waals surface area contributed by atoms with Crippen LogP contribution in [0.25, 0.3) is 0 Å². The van der Waals surface area contributed by atoms with Gasteiger partial charge in [-0.1, -0.05) is 23.7 Å². The van der Waals surface area contributed by atoms with Crippen LogP contribution in [-0.2, 0) is 9.59 Å². The fourth-order valence-electron chi connectivity index (χ4n) is 2.89. The van der Waals surface area contributed by atoms with Crippen molar-refractivity contribution in [1.82, 2.24) is 10.2 Å². The average molecular weight is 340 g/mol. The van der Waals surface area contributed by atoms with Gasteiger partial charge in [-0.2, -0.15) is 0 Å². The van der Waals surface area contributed by atoms with Crippen LogP contribution in [0, 0.1) is 0 Å². The van der Waals surface area contributed by atoms with E-state index in [2.05, 4.69) is 5.32 Å². The van der Waals surface area contributed by atoms with Crippen LogP contribution in [0.2, 0.25) is 5.02 Å². The highest BCUT2D eigenvalue weighted by Gasteiger charge is 2.39. The largest absolute Gasteiger partial charge is 0.332 e. The molecule has 2 atom stereocenters. The van der Waals surface area contributed by atoms with Gasteiger partial charge in [0, 0.05) is 25.2 Å². The number of para-hydroxylation sites is 1.